The molecule has 3 N–H and O–H groups in total. The van der Waals surface area contributed by atoms with Gasteiger partial charge in [-0.25, -0.2) is 10.8 Å². The standard InChI is InChI=1S/C9H8F3N5OS/c10-9(11,12)5-1-14-17(2-5)3-6-4-19-8(15-6)7(18)16-13/h1-2,4H,3,13H2,(H,16,18). The molecule has 102 valence electrons. The number of nitrogen functional groups attached to an aromatic ring is 1. The van der Waals surface area contributed by atoms with Crippen molar-refractivity contribution in [1.82, 2.24) is 20.2 Å². The van der Waals surface area contributed by atoms with E-state index in [4.69, 9.17) is 5.84 Å². The van der Waals surface area contributed by atoms with Crippen LogP contribution >= 0.6 is 11.3 Å². The molecule has 0 radical (unpaired) electrons. The fraction of sp³-hybridized carbons (Fsp3) is 0.222. The van der Waals surface area contributed by atoms with Crippen molar-refractivity contribution in [3.8, 4) is 0 Å². The van der Waals surface area contributed by atoms with E-state index in [-0.39, 0.29) is 11.6 Å². The van der Waals surface area contributed by atoms with E-state index in [1.165, 1.54) is 0 Å². The van der Waals surface area contributed by atoms with Crippen LogP contribution < -0.4 is 11.3 Å². The molecule has 0 fully saturated rings. The predicted octanol–water partition coefficient (Wildman–Crippen LogP) is 1.01. The number of alkyl halides is 3. The summed E-state index contributed by atoms with van der Waals surface area (Å²) in [6.07, 6.45) is -2.81. The van der Waals surface area contributed by atoms with Gasteiger partial charge >= 0.3 is 6.18 Å². The molecule has 0 aliphatic rings. The number of aromatic nitrogens is 3. The van der Waals surface area contributed by atoms with Gasteiger partial charge in [-0.1, -0.05) is 0 Å². The first-order chi connectivity index (χ1) is 8.90. The van der Waals surface area contributed by atoms with Gasteiger partial charge < -0.3 is 0 Å². The SMILES string of the molecule is NNC(=O)c1nc(Cn2cc(C(F)(F)F)cn2)cs1. The van der Waals surface area contributed by atoms with Crippen molar-refractivity contribution in [1.29, 1.82) is 0 Å². The molecule has 0 saturated carbocycles. The minimum Gasteiger partial charge on any atom is -0.288 e. The van der Waals surface area contributed by atoms with Crippen molar-refractivity contribution >= 4 is 17.2 Å². The zero-order valence-electron chi connectivity index (χ0n) is 9.31. The smallest absolute Gasteiger partial charge is 0.288 e. The molecule has 0 unspecified atom stereocenters. The van der Waals surface area contributed by atoms with E-state index in [0.717, 1.165) is 28.4 Å². The van der Waals surface area contributed by atoms with Gasteiger partial charge in [0.05, 0.1) is 24.0 Å². The number of carbonyl (C=O) groups is 1. The second-order valence-electron chi connectivity index (χ2n) is 3.54. The lowest BCUT2D eigenvalue weighted by molar-refractivity contribution is -0.137. The number of hydrogen-bond donors (Lipinski definition) is 2. The number of hydrogen-bond acceptors (Lipinski definition) is 5. The van der Waals surface area contributed by atoms with Gasteiger partial charge in [-0.15, -0.1) is 11.3 Å². The topological polar surface area (TPSA) is 85.8 Å². The highest BCUT2D eigenvalue weighted by molar-refractivity contribution is 7.11. The summed E-state index contributed by atoms with van der Waals surface area (Å²) in [7, 11) is 0. The molecule has 1 amide bonds. The fourth-order valence-corrected chi connectivity index (χ4v) is 2.02. The first-order valence-corrected chi connectivity index (χ1v) is 5.83. The number of nitrogens with two attached hydrogens (primary N) is 1. The van der Waals surface area contributed by atoms with Gasteiger partial charge in [0.2, 0.25) is 0 Å². The van der Waals surface area contributed by atoms with Crippen LogP contribution in [0.3, 0.4) is 0 Å². The van der Waals surface area contributed by atoms with Crippen LogP contribution in [-0.2, 0) is 12.7 Å². The van der Waals surface area contributed by atoms with Gasteiger partial charge in [-0.3, -0.25) is 14.9 Å². The van der Waals surface area contributed by atoms with Gasteiger partial charge in [0.25, 0.3) is 5.91 Å². The molecule has 2 heterocycles. The number of halogens is 3. The van der Waals surface area contributed by atoms with Crippen LogP contribution in [-0.4, -0.2) is 20.7 Å². The van der Waals surface area contributed by atoms with E-state index in [1.807, 2.05) is 5.43 Å². The highest BCUT2D eigenvalue weighted by Gasteiger charge is 2.32. The third-order valence-electron chi connectivity index (χ3n) is 2.16. The van der Waals surface area contributed by atoms with E-state index in [9.17, 15) is 18.0 Å². The largest absolute Gasteiger partial charge is 0.419 e. The Morgan fingerprint density at radius 1 is 1.53 bits per heavy atom. The summed E-state index contributed by atoms with van der Waals surface area (Å²) in [5.41, 5.74) is 1.52. The predicted molar refractivity (Wildman–Crippen MR) is 60.1 cm³/mol. The first kappa shape index (κ1) is 13.5. The van der Waals surface area contributed by atoms with Gasteiger partial charge in [0, 0.05) is 11.6 Å². The van der Waals surface area contributed by atoms with Crippen molar-refractivity contribution in [3.63, 3.8) is 0 Å². The molecule has 0 saturated heterocycles. The number of thiazole rings is 1. The molecular formula is C9H8F3N5OS. The Kier molecular flexibility index (Phi) is 3.53. The minimum atomic E-state index is -4.43. The van der Waals surface area contributed by atoms with Crippen molar-refractivity contribution in [2.75, 3.05) is 0 Å². The molecule has 0 atom stereocenters. The van der Waals surface area contributed by atoms with Crippen molar-refractivity contribution in [2.24, 2.45) is 5.84 Å². The van der Waals surface area contributed by atoms with Crippen LogP contribution in [0.4, 0.5) is 13.2 Å². The summed E-state index contributed by atoms with van der Waals surface area (Å²) in [6, 6.07) is 0. The lowest BCUT2D eigenvalue weighted by Crippen LogP contribution is -2.29. The Hall–Kier alpha value is -1.94. The summed E-state index contributed by atoms with van der Waals surface area (Å²) < 4.78 is 38.2. The molecule has 0 spiro atoms. The maximum atomic E-state index is 12.4. The third kappa shape index (κ3) is 3.09. The summed E-state index contributed by atoms with van der Waals surface area (Å²) in [5.74, 6) is 4.39. The van der Waals surface area contributed by atoms with Crippen LogP contribution in [0.15, 0.2) is 17.8 Å². The normalized spacial score (nSPS) is 11.6. The van der Waals surface area contributed by atoms with Crippen LogP contribution in [0.25, 0.3) is 0 Å². The van der Waals surface area contributed by atoms with Crippen LogP contribution in [0, 0.1) is 0 Å². The van der Waals surface area contributed by atoms with Gasteiger partial charge in [-0.2, -0.15) is 18.3 Å². The Morgan fingerprint density at radius 2 is 2.26 bits per heavy atom. The summed E-state index contributed by atoms with van der Waals surface area (Å²) in [4.78, 5) is 15.1. The average Bonchev–Trinajstić information content (AvgIpc) is 2.97. The molecule has 0 aliphatic carbocycles. The second-order valence-corrected chi connectivity index (χ2v) is 4.40. The molecule has 0 bridgehead atoms. The zero-order chi connectivity index (χ0) is 14.0. The van der Waals surface area contributed by atoms with Gasteiger partial charge in [-0.05, 0) is 0 Å². The van der Waals surface area contributed by atoms with Gasteiger partial charge in [0.1, 0.15) is 0 Å². The maximum Gasteiger partial charge on any atom is 0.419 e. The Balaban J connectivity index is 2.11. The molecular weight excluding hydrogens is 283 g/mol. The third-order valence-corrected chi connectivity index (χ3v) is 3.05. The highest BCUT2D eigenvalue weighted by Crippen LogP contribution is 2.28. The molecule has 2 aromatic heterocycles. The minimum absolute atomic E-state index is 0.0461. The second kappa shape index (κ2) is 4.97. The van der Waals surface area contributed by atoms with Crippen molar-refractivity contribution in [2.45, 2.75) is 12.7 Å². The Bertz CT molecular complexity index is 591. The fourth-order valence-electron chi connectivity index (χ4n) is 1.31. The van der Waals surface area contributed by atoms with Crippen molar-refractivity contribution < 1.29 is 18.0 Å². The van der Waals surface area contributed by atoms with Crippen LogP contribution in [0.1, 0.15) is 21.1 Å². The number of carbonyl (C=O) groups excluding carboxylic acids is 1. The van der Waals surface area contributed by atoms with E-state index < -0.39 is 17.6 Å². The Labute approximate surface area is 109 Å². The molecule has 0 aliphatic heterocycles. The average molecular weight is 291 g/mol. The number of nitrogens with zero attached hydrogens (tertiary/aromatic N) is 3. The molecule has 2 aromatic rings. The summed E-state index contributed by atoms with van der Waals surface area (Å²) in [5, 5.41) is 5.28. The molecule has 19 heavy (non-hydrogen) atoms. The van der Waals surface area contributed by atoms with Crippen LogP contribution in [0.2, 0.25) is 0 Å². The van der Waals surface area contributed by atoms with E-state index in [0.29, 0.717) is 5.69 Å². The number of rotatable bonds is 3. The van der Waals surface area contributed by atoms with E-state index in [2.05, 4.69) is 10.1 Å². The first-order valence-electron chi connectivity index (χ1n) is 4.95. The molecule has 10 heteroatoms. The van der Waals surface area contributed by atoms with Crippen LogP contribution in [0.5, 0.6) is 0 Å². The molecule has 2 rings (SSSR count). The lowest BCUT2D eigenvalue weighted by atomic mass is 10.3. The monoisotopic (exact) mass is 291 g/mol. The highest BCUT2D eigenvalue weighted by atomic mass is 32.1. The summed E-state index contributed by atoms with van der Waals surface area (Å²) >= 11 is 1.05. The quantitative estimate of drug-likeness (QED) is 0.502. The Morgan fingerprint density at radius 3 is 2.84 bits per heavy atom. The lowest BCUT2D eigenvalue weighted by Gasteiger charge is -2.00. The summed E-state index contributed by atoms with van der Waals surface area (Å²) in [6.45, 7) is 0.0461. The number of hydrazine groups is 1. The molecule has 6 nitrogen and oxygen atoms in total. The zero-order valence-corrected chi connectivity index (χ0v) is 10.1. The number of nitrogens with one attached hydrogen (secondary N) is 1. The van der Waals surface area contributed by atoms with Gasteiger partial charge in [0.15, 0.2) is 5.01 Å². The molecule has 0 aromatic carbocycles. The van der Waals surface area contributed by atoms with E-state index in [1.54, 1.807) is 5.38 Å². The van der Waals surface area contributed by atoms with E-state index >= 15 is 0 Å². The number of amides is 1. The van der Waals surface area contributed by atoms with Crippen molar-refractivity contribution in [3.05, 3.63) is 34.0 Å². The maximum absolute atomic E-state index is 12.4.